The van der Waals surface area contributed by atoms with Crippen LogP contribution in [0, 0.1) is 6.92 Å². The van der Waals surface area contributed by atoms with Gasteiger partial charge in [-0.1, -0.05) is 12.1 Å². The van der Waals surface area contributed by atoms with E-state index in [2.05, 4.69) is 10.3 Å². The third-order valence-corrected chi connectivity index (χ3v) is 6.48. The summed E-state index contributed by atoms with van der Waals surface area (Å²) < 4.78 is 25.3. The fourth-order valence-corrected chi connectivity index (χ4v) is 3.85. The number of nitrogens with zero attached hydrogens (tertiary/aromatic N) is 1. The molecule has 0 radical (unpaired) electrons. The van der Waals surface area contributed by atoms with E-state index in [0.29, 0.717) is 17.5 Å². The molecule has 0 aliphatic carbocycles. The topological polar surface area (TPSA) is 99.3 Å². The predicted molar refractivity (Wildman–Crippen MR) is 113 cm³/mol. The molecule has 0 aliphatic heterocycles. The first-order valence-corrected chi connectivity index (χ1v) is 10.6. The number of pyridine rings is 1. The maximum Gasteiger partial charge on any atom is 0.251 e. The molecule has 0 fully saturated rings. The van der Waals surface area contributed by atoms with Crippen molar-refractivity contribution in [2.45, 2.75) is 18.2 Å². The van der Waals surface area contributed by atoms with Crippen molar-refractivity contribution in [2.75, 3.05) is 20.6 Å². The Bertz CT molecular complexity index is 1210. The highest BCUT2D eigenvalue weighted by Gasteiger charge is 2.17. The molecule has 29 heavy (non-hydrogen) atoms. The Labute approximate surface area is 169 Å². The molecular formula is C21H23N3O4S. The van der Waals surface area contributed by atoms with Gasteiger partial charge in [0.15, 0.2) is 0 Å². The Morgan fingerprint density at radius 2 is 1.76 bits per heavy atom. The Morgan fingerprint density at radius 3 is 2.41 bits per heavy atom. The molecule has 7 nitrogen and oxygen atoms in total. The number of sulfonamides is 1. The number of H-pyrrole nitrogens is 1. The number of fused-ring (bicyclic) bond motifs is 1. The molecule has 0 atom stereocenters. The van der Waals surface area contributed by atoms with Gasteiger partial charge in [-0.3, -0.25) is 9.59 Å². The van der Waals surface area contributed by atoms with Crippen LogP contribution in [0.5, 0.6) is 0 Å². The first kappa shape index (κ1) is 20.8. The van der Waals surface area contributed by atoms with Crippen molar-refractivity contribution in [3.8, 4) is 0 Å². The molecule has 3 rings (SSSR count). The van der Waals surface area contributed by atoms with Crippen LogP contribution in [0.4, 0.5) is 0 Å². The maximum absolute atomic E-state index is 12.3. The number of carbonyl (C=O) groups is 1. The summed E-state index contributed by atoms with van der Waals surface area (Å²) >= 11 is 0. The van der Waals surface area contributed by atoms with Crippen LogP contribution in [-0.2, 0) is 16.4 Å². The van der Waals surface area contributed by atoms with E-state index < -0.39 is 10.0 Å². The number of carbonyl (C=O) groups excluding carboxylic acids is 1. The van der Waals surface area contributed by atoms with Gasteiger partial charge in [-0.2, -0.15) is 0 Å². The second kappa shape index (κ2) is 8.18. The van der Waals surface area contributed by atoms with Crippen LogP contribution in [0.3, 0.4) is 0 Å². The Morgan fingerprint density at radius 1 is 1.07 bits per heavy atom. The van der Waals surface area contributed by atoms with Crippen molar-refractivity contribution in [1.29, 1.82) is 0 Å². The lowest BCUT2D eigenvalue weighted by Crippen LogP contribution is -2.27. The summed E-state index contributed by atoms with van der Waals surface area (Å²) in [4.78, 5) is 27.5. The van der Waals surface area contributed by atoms with E-state index in [1.807, 2.05) is 31.2 Å². The highest BCUT2D eigenvalue weighted by atomic mass is 32.2. The zero-order valence-electron chi connectivity index (χ0n) is 16.5. The number of hydrogen-bond donors (Lipinski definition) is 2. The number of aromatic amines is 1. The van der Waals surface area contributed by atoms with Crippen LogP contribution in [0.15, 0.2) is 58.2 Å². The van der Waals surface area contributed by atoms with Crippen molar-refractivity contribution in [1.82, 2.24) is 14.6 Å². The number of aromatic nitrogens is 1. The van der Waals surface area contributed by atoms with Crippen LogP contribution in [0.25, 0.3) is 10.9 Å². The van der Waals surface area contributed by atoms with E-state index in [1.165, 1.54) is 38.4 Å². The predicted octanol–water partition coefficient (Wildman–Crippen LogP) is 2.06. The highest BCUT2D eigenvalue weighted by Crippen LogP contribution is 2.15. The molecule has 2 aromatic carbocycles. The molecule has 0 spiro atoms. The van der Waals surface area contributed by atoms with E-state index in [1.54, 1.807) is 0 Å². The van der Waals surface area contributed by atoms with Crippen LogP contribution < -0.4 is 10.9 Å². The van der Waals surface area contributed by atoms with Crippen molar-refractivity contribution < 1.29 is 13.2 Å². The average Bonchev–Trinajstić information content (AvgIpc) is 2.68. The number of nitrogens with one attached hydrogen (secondary N) is 2. The summed E-state index contributed by atoms with van der Waals surface area (Å²) in [5, 5.41) is 3.70. The molecular weight excluding hydrogens is 390 g/mol. The van der Waals surface area contributed by atoms with Gasteiger partial charge >= 0.3 is 0 Å². The van der Waals surface area contributed by atoms with Gasteiger partial charge in [-0.15, -0.1) is 0 Å². The minimum Gasteiger partial charge on any atom is -0.352 e. The number of aryl methyl sites for hydroxylation is 1. The minimum atomic E-state index is -3.53. The molecule has 0 saturated carbocycles. The van der Waals surface area contributed by atoms with E-state index in [-0.39, 0.29) is 22.9 Å². The van der Waals surface area contributed by atoms with E-state index in [4.69, 9.17) is 0 Å². The average molecular weight is 413 g/mol. The normalized spacial score (nSPS) is 11.7. The fraction of sp³-hybridized carbons (Fsp3) is 0.238. The van der Waals surface area contributed by atoms with Crippen LogP contribution in [0.1, 0.15) is 21.5 Å². The molecule has 0 unspecified atom stereocenters. The van der Waals surface area contributed by atoms with Gasteiger partial charge in [0.2, 0.25) is 10.0 Å². The summed E-state index contributed by atoms with van der Waals surface area (Å²) in [5.41, 5.74) is 2.63. The summed E-state index contributed by atoms with van der Waals surface area (Å²) in [6, 6.07) is 13.4. The molecule has 0 aliphatic rings. The molecule has 0 bridgehead atoms. The standard InChI is InChI=1S/C21H23N3O4S/c1-14-4-5-16-13-17(21(26)23-19(16)12-14)10-11-22-20(25)15-6-8-18(9-7-15)29(27,28)24(2)3/h4-9,12-13H,10-11H2,1-3H3,(H,22,25)(H,23,26). The first-order valence-electron chi connectivity index (χ1n) is 9.12. The first-order chi connectivity index (χ1) is 13.7. The smallest absolute Gasteiger partial charge is 0.251 e. The zero-order chi connectivity index (χ0) is 21.2. The molecule has 2 N–H and O–H groups in total. The lowest BCUT2D eigenvalue weighted by molar-refractivity contribution is 0.0954. The quantitative estimate of drug-likeness (QED) is 0.646. The van der Waals surface area contributed by atoms with Gasteiger partial charge in [0.1, 0.15) is 0 Å². The summed E-state index contributed by atoms with van der Waals surface area (Å²) in [6.07, 6.45) is 0.387. The number of rotatable bonds is 6. The fourth-order valence-electron chi connectivity index (χ4n) is 2.95. The second-order valence-corrected chi connectivity index (χ2v) is 9.18. The molecule has 1 amide bonds. The van der Waals surface area contributed by atoms with Crippen molar-refractivity contribution >= 4 is 26.8 Å². The Balaban J connectivity index is 1.66. The number of benzene rings is 2. The molecule has 152 valence electrons. The zero-order valence-corrected chi connectivity index (χ0v) is 17.3. The van der Waals surface area contributed by atoms with Crippen LogP contribution >= 0.6 is 0 Å². The highest BCUT2D eigenvalue weighted by molar-refractivity contribution is 7.89. The van der Waals surface area contributed by atoms with Gasteiger partial charge in [0.05, 0.1) is 4.90 Å². The van der Waals surface area contributed by atoms with Crippen LogP contribution in [-0.4, -0.2) is 44.3 Å². The molecule has 0 saturated heterocycles. The molecule has 1 aromatic heterocycles. The Hall–Kier alpha value is -2.97. The van der Waals surface area contributed by atoms with E-state index in [9.17, 15) is 18.0 Å². The largest absolute Gasteiger partial charge is 0.352 e. The van der Waals surface area contributed by atoms with Crippen molar-refractivity contribution in [3.05, 3.63) is 75.6 Å². The van der Waals surface area contributed by atoms with Gasteiger partial charge in [-0.25, -0.2) is 12.7 Å². The van der Waals surface area contributed by atoms with E-state index in [0.717, 1.165) is 20.8 Å². The lowest BCUT2D eigenvalue weighted by atomic mass is 10.1. The molecule has 8 heteroatoms. The number of hydrogen-bond acceptors (Lipinski definition) is 4. The van der Waals surface area contributed by atoms with Gasteiger partial charge in [-0.05, 0) is 60.7 Å². The minimum absolute atomic E-state index is 0.122. The van der Waals surface area contributed by atoms with Gasteiger partial charge < -0.3 is 10.3 Å². The maximum atomic E-state index is 12.3. The summed E-state index contributed by atoms with van der Waals surface area (Å²) in [5.74, 6) is -0.327. The Kier molecular flexibility index (Phi) is 5.86. The monoisotopic (exact) mass is 413 g/mol. The second-order valence-electron chi connectivity index (χ2n) is 7.03. The SMILES string of the molecule is Cc1ccc2cc(CCNC(=O)c3ccc(S(=O)(=O)N(C)C)cc3)c(=O)[nH]c2c1. The van der Waals surface area contributed by atoms with Gasteiger partial charge in [0.25, 0.3) is 11.5 Å². The van der Waals surface area contributed by atoms with Gasteiger partial charge in [0, 0.05) is 37.3 Å². The summed E-state index contributed by atoms with van der Waals surface area (Å²) in [6.45, 7) is 2.25. The van der Waals surface area contributed by atoms with Crippen molar-refractivity contribution in [2.24, 2.45) is 0 Å². The third-order valence-electron chi connectivity index (χ3n) is 4.65. The number of amides is 1. The third kappa shape index (κ3) is 4.55. The lowest BCUT2D eigenvalue weighted by Gasteiger charge is -2.11. The van der Waals surface area contributed by atoms with Crippen LogP contribution in [0.2, 0.25) is 0 Å². The molecule has 1 heterocycles. The van der Waals surface area contributed by atoms with E-state index >= 15 is 0 Å². The summed E-state index contributed by atoms with van der Waals surface area (Å²) in [7, 11) is -0.634. The van der Waals surface area contributed by atoms with Crippen molar-refractivity contribution in [3.63, 3.8) is 0 Å². The molecule has 3 aromatic rings.